The Morgan fingerprint density at radius 3 is 1.70 bits per heavy atom. The van der Waals surface area contributed by atoms with Gasteiger partial charge in [0.2, 0.25) is 0 Å². The first kappa shape index (κ1) is 23.4. The summed E-state index contributed by atoms with van der Waals surface area (Å²) in [5.41, 5.74) is 6.53. The van der Waals surface area contributed by atoms with Crippen molar-refractivity contribution in [1.29, 1.82) is 0 Å². The van der Waals surface area contributed by atoms with Crippen LogP contribution in [0.1, 0.15) is 11.4 Å². The van der Waals surface area contributed by atoms with E-state index in [4.69, 9.17) is 0 Å². The van der Waals surface area contributed by atoms with Gasteiger partial charge in [0.05, 0.1) is 16.9 Å². The van der Waals surface area contributed by atoms with Gasteiger partial charge in [0.15, 0.2) is 0 Å². The average molecular weight is 656 g/mol. The molecule has 5 heteroatoms. The van der Waals surface area contributed by atoms with Crippen LogP contribution in [-0.4, -0.2) is 18.8 Å². The molecule has 0 bridgehead atoms. The molecule has 181 valence electrons. The second kappa shape index (κ2) is 9.11. The number of benzene rings is 4. The van der Waals surface area contributed by atoms with Gasteiger partial charge in [0.1, 0.15) is 5.65 Å². The zero-order valence-electron chi connectivity index (χ0n) is 20.4. The number of pyridine rings is 2. The van der Waals surface area contributed by atoms with E-state index < -0.39 is 0 Å². The quantitative estimate of drug-likeness (QED) is 0.124. The van der Waals surface area contributed by atoms with Crippen molar-refractivity contribution in [2.24, 2.45) is 0 Å². The zero-order chi connectivity index (χ0) is 24.2. The molecule has 4 nitrogen and oxygen atoms in total. The fourth-order valence-electron chi connectivity index (χ4n) is 5.31. The summed E-state index contributed by atoms with van der Waals surface area (Å²) in [5, 5.41) is 7.30. The molecule has 0 saturated carbocycles. The molecule has 8 rings (SSSR count). The Kier molecular flexibility index (Phi) is 5.75. The number of hydrogen-bond donors (Lipinski definition) is 0. The fraction of sp³-hybridized carbons (Fsp3) is 0.0625. The van der Waals surface area contributed by atoms with Gasteiger partial charge in [-0.25, -0.2) is 4.98 Å². The molecule has 0 aliphatic carbocycles. The first-order valence-corrected chi connectivity index (χ1v) is 12.1. The molecule has 0 amide bonds. The number of para-hydroxylation sites is 2. The van der Waals surface area contributed by atoms with E-state index >= 15 is 0 Å². The van der Waals surface area contributed by atoms with Crippen molar-refractivity contribution in [3.8, 4) is 0 Å². The monoisotopic (exact) mass is 656 g/mol. The molecule has 0 aliphatic rings. The molecule has 0 aliphatic heterocycles. The molecular formula is C32H23IrN4-. The molecule has 4 aromatic heterocycles. The third-order valence-corrected chi connectivity index (χ3v) is 6.81. The normalized spacial score (nSPS) is 11.3. The van der Waals surface area contributed by atoms with Crippen LogP contribution in [0.3, 0.4) is 0 Å². The summed E-state index contributed by atoms with van der Waals surface area (Å²) in [6.07, 6.45) is 4.18. The minimum absolute atomic E-state index is 0. The molecule has 4 aromatic carbocycles. The minimum Gasteiger partial charge on any atom is -0.340 e. The van der Waals surface area contributed by atoms with Crippen LogP contribution < -0.4 is 0 Å². The third-order valence-electron chi connectivity index (χ3n) is 6.81. The van der Waals surface area contributed by atoms with Crippen LogP contribution >= 0.6 is 0 Å². The molecule has 0 spiro atoms. The SMILES string of the molecule is Cc1cn2c3ccccc3c3ccc[c-]c3c2n1.Cc1cn2c3ccccc3c3ccccc3c2n1.[Ir]. The Morgan fingerprint density at radius 1 is 0.541 bits per heavy atom. The third kappa shape index (κ3) is 3.70. The van der Waals surface area contributed by atoms with Crippen LogP contribution in [0.5, 0.6) is 0 Å². The summed E-state index contributed by atoms with van der Waals surface area (Å²) in [5.74, 6) is 0. The Balaban J connectivity index is 0.000000133. The van der Waals surface area contributed by atoms with E-state index in [1.165, 1.54) is 38.0 Å². The maximum atomic E-state index is 4.65. The molecule has 0 fully saturated rings. The van der Waals surface area contributed by atoms with Crippen LogP contribution in [0.4, 0.5) is 0 Å². The number of rotatable bonds is 0. The first-order valence-electron chi connectivity index (χ1n) is 12.1. The minimum atomic E-state index is 0. The summed E-state index contributed by atoms with van der Waals surface area (Å²) in [6, 6.07) is 34.8. The number of aromatic nitrogens is 4. The van der Waals surface area contributed by atoms with Gasteiger partial charge in [0, 0.05) is 54.5 Å². The van der Waals surface area contributed by atoms with Crippen LogP contribution in [-0.2, 0) is 20.1 Å². The Morgan fingerprint density at radius 2 is 1.03 bits per heavy atom. The van der Waals surface area contributed by atoms with Crippen molar-refractivity contribution in [3.63, 3.8) is 0 Å². The number of nitrogens with zero attached hydrogens (tertiary/aromatic N) is 4. The van der Waals surface area contributed by atoms with Gasteiger partial charge in [0.25, 0.3) is 0 Å². The number of aryl methyl sites for hydroxylation is 2. The van der Waals surface area contributed by atoms with Gasteiger partial charge in [-0.2, -0.15) is 0 Å². The van der Waals surface area contributed by atoms with Crippen molar-refractivity contribution in [1.82, 2.24) is 18.8 Å². The van der Waals surface area contributed by atoms with Gasteiger partial charge >= 0.3 is 0 Å². The molecule has 37 heavy (non-hydrogen) atoms. The molecular weight excluding hydrogens is 633 g/mol. The van der Waals surface area contributed by atoms with E-state index in [0.717, 1.165) is 28.1 Å². The van der Waals surface area contributed by atoms with Gasteiger partial charge in [-0.3, -0.25) is 9.38 Å². The second-order valence-corrected chi connectivity index (χ2v) is 9.19. The van der Waals surface area contributed by atoms with Gasteiger partial charge < -0.3 is 4.40 Å². The van der Waals surface area contributed by atoms with E-state index in [0.29, 0.717) is 0 Å². The Labute approximate surface area is 227 Å². The maximum absolute atomic E-state index is 4.65. The smallest absolute Gasteiger partial charge is 0.145 e. The molecule has 0 atom stereocenters. The van der Waals surface area contributed by atoms with Gasteiger partial charge in [-0.15, -0.1) is 29.7 Å². The number of hydrogen-bond acceptors (Lipinski definition) is 2. The first-order chi connectivity index (χ1) is 17.7. The molecule has 1 radical (unpaired) electrons. The van der Waals surface area contributed by atoms with Gasteiger partial charge in [-0.1, -0.05) is 66.0 Å². The van der Waals surface area contributed by atoms with Crippen LogP contribution in [0.25, 0.3) is 54.6 Å². The van der Waals surface area contributed by atoms with Crippen LogP contribution in [0.2, 0.25) is 0 Å². The fourth-order valence-corrected chi connectivity index (χ4v) is 5.31. The summed E-state index contributed by atoms with van der Waals surface area (Å²) < 4.78 is 4.34. The van der Waals surface area contributed by atoms with E-state index in [1.807, 2.05) is 26.0 Å². The largest absolute Gasteiger partial charge is 0.340 e. The summed E-state index contributed by atoms with van der Waals surface area (Å²) >= 11 is 0. The predicted molar refractivity (Wildman–Crippen MR) is 149 cm³/mol. The van der Waals surface area contributed by atoms with Crippen molar-refractivity contribution in [3.05, 3.63) is 121 Å². The van der Waals surface area contributed by atoms with E-state index in [1.54, 1.807) is 0 Å². The molecule has 0 N–H and O–H groups in total. The van der Waals surface area contributed by atoms with Crippen LogP contribution in [0.15, 0.2) is 103 Å². The van der Waals surface area contributed by atoms with Crippen molar-refractivity contribution >= 4 is 54.6 Å². The van der Waals surface area contributed by atoms with Crippen LogP contribution in [0, 0.1) is 19.9 Å². The average Bonchev–Trinajstić information content (AvgIpc) is 3.52. The van der Waals surface area contributed by atoms with E-state index in [2.05, 4.69) is 116 Å². The topological polar surface area (TPSA) is 34.6 Å². The van der Waals surface area contributed by atoms with Crippen molar-refractivity contribution in [2.75, 3.05) is 0 Å². The molecule has 0 unspecified atom stereocenters. The number of imidazole rings is 2. The van der Waals surface area contributed by atoms with E-state index in [-0.39, 0.29) is 20.1 Å². The summed E-state index contributed by atoms with van der Waals surface area (Å²) in [6.45, 7) is 4.06. The molecule has 0 saturated heterocycles. The predicted octanol–water partition coefficient (Wildman–Crippen LogP) is 7.70. The second-order valence-electron chi connectivity index (χ2n) is 9.19. The standard InChI is InChI=1S/C16H12N2.C16H11N2.Ir/c2*1-11-10-18-15-9-5-4-7-13(15)12-6-2-3-8-14(12)16(18)17-11;/h2-10H,1H3;2-7,9-10H,1H3;/q;-1;. The Bertz CT molecular complexity index is 1790. The van der Waals surface area contributed by atoms with Gasteiger partial charge in [-0.05, 0) is 36.8 Å². The zero-order valence-corrected chi connectivity index (χ0v) is 22.8. The summed E-state index contributed by atoms with van der Waals surface area (Å²) in [7, 11) is 0. The maximum Gasteiger partial charge on any atom is 0.145 e. The van der Waals surface area contributed by atoms with E-state index in [9.17, 15) is 0 Å². The Hall–Kier alpha value is -4.05. The van der Waals surface area contributed by atoms with Crippen molar-refractivity contribution in [2.45, 2.75) is 13.8 Å². The molecule has 4 heterocycles. The summed E-state index contributed by atoms with van der Waals surface area (Å²) in [4.78, 5) is 9.28. The molecule has 8 aromatic rings. The van der Waals surface area contributed by atoms with Crippen molar-refractivity contribution < 1.29 is 20.1 Å². The number of fused-ring (bicyclic) bond motifs is 12.